The maximum Gasteiger partial charge on any atom is 0.0518 e. The van der Waals surface area contributed by atoms with Crippen molar-refractivity contribution in [3.63, 3.8) is 0 Å². The number of H-pyrrole nitrogens is 4. The zero-order chi connectivity index (χ0) is 38.8. The lowest BCUT2D eigenvalue weighted by molar-refractivity contribution is 1.09. The Morgan fingerprint density at radius 3 is 1.00 bits per heavy atom. The molecule has 0 amide bonds. The van der Waals surface area contributed by atoms with E-state index >= 15 is 0 Å². The summed E-state index contributed by atoms with van der Waals surface area (Å²) in [6, 6.07) is 31.4. The lowest BCUT2D eigenvalue weighted by Gasteiger charge is -2.08. The Balaban J connectivity index is 1.47. The van der Waals surface area contributed by atoms with Crippen molar-refractivity contribution in [2.24, 2.45) is 0 Å². The standard InChI is InChI=1S/C52H52N4/c1-9-39-29(5)49-47(37-23-19-33-15-13-16-34(33)20-24-37)50-31(7)41(11-3)45(55-50)28-46-42(12-4)32(8)52(56-46)48(38-25-21-35-17-14-18-36(35)22-26-38)51-30(6)40(10-2)44(54-51)27-43(39)53-49/h13-28,53-56H,9-12H2,1-8H3. The maximum absolute atomic E-state index is 4.05. The van der Waals surface area contributed by atoms with Gasteiger partial charge in [0.05, 0.1) is 22.1 Å². The minimum atomic E-state index is 0.924. The Bertz CT molecular complexity index is 2740. The molecule has 1 aliphatic heterocycles. The van der Waals surface area contributed by atoms with Gasteiger partial charge in [0, 0.05) is 33.2 Å². The molecule has 280 valence electrons. The van der Waals surface area contributed by atoms with E-state index in [1.54, 1.807) is 0 Å². The Kier molecular flexibility index (Phi) is 8.88. The van der Waals surface area contributed by atoms with Crippen molar-refractivity contribution >= 4 is 23.3 Å². The van der Waals surface area contributed by atoms with E-state index in [1.807, 2.05) is 0 Å². The molecule has 4 N–H and O–H groups in total. The summed E-state index contributed by atoms with van der Waals surface area (Å²) in [5, 5.41) is 4.66. The van der Waals surface area contributed by atoms with Gasteiger partial charge in [-0.25, -0.2) is 0 Å². The van der Waals surface area contributed by atoms with Gasteiger partial charge in [0.1, 0.15) is 0 Å². The molecule has 0 aromatic carbocycles. The van der Waals surface area contributed by atoms with Gasteiger partial charge in [-0.2, -0.15) is 0 Å². The summed E-state index contributed by atoms with van der Waals surface area (Å²) in [4.78, 5) is 16.2. The van der Waals surface area contributed by atoms with E-state index in [0.29, 0.717) is 0 Å². The molecule has 5 aliphatic rings. The number of hydrogen-bond donors (Lipinski definition) is 4. The summed E-state index contributed by atoms with van der Waals surface area (Å²) in [7, 11) is 0. The van der Waals surface area contributed by atoms with Gasteiger partial charge in [0.2, 0.25) is 0 Å². The number of fused-ring (bicyclic) bond motifs is 10. The van der Waals surface area contributed by atoms with Crippen molar-refractivity contribution in [3.05, 3.63) is 185 Å². The highest BCUT2D eigenvalue weighted by molar-refractivity contribution is 5.84. The van der Waals surface area contributed by atoms with Crippen LogP contribution >= 0.6 is 0 Å². The first-order valence-corrected chi connectivity index (χ1v) is 20.5. The molecule has 8 bridgehead atoms. The van der Waals surface area contributed by atoms with E-state index in [0.717, 1.165) is 47.8 Å². The molecular weight excluding hydrogens is 681 g/mol. The number of aromatic amines is 4. The Hall–Kier alpha value is -6.00. The number of aromatic nitrogens is 4. The van der Waals surface area contributed by atoms with Crippen molar-refractivity contribution in [1.82, 2.24) is 19.9 Å². The molecule has 4 aliphatic carbocycles. The quantitative estimate of drug-likeness (QED) is 0.132. The lowest BCUT2D eigenvalue weighted by Crippen LogP contribution is -2.18. The highest BCUT2D eigenvalue weighted by atomic mass is 14.8. The molecule has 0 saturated carbocycles. The van der Waals surface area contributed by atoms with Gasteiger partial charge in [-0.1, -0.05) is 113 Å². The summed E-state index contributed by atoms with van der Waals surface area (Å²) in [6.07, 6.45) is 8.46. The van der Waals surface area contributed by atoms with Crippen LogP contribution in [0.1, 0.15) is 106 Å². The SMILES string of the molecule is CCc1c2[nH]c(c1C)C(c1ccc3cccc-3cc1)=c1[nH]c(c(CC)c1C)=Cc1[nH]c(c(C)c1CC)C(c1ccc3cccc-3cc1)=c1[nH]c(c(CC)c1C)=C2. The Morgan fingerprint density at radius 1 is 0.357 bits per heavy atom. The van der Waals surface area contributed by atoms with Crippen LogP contribution in [0.3, 0.4) is 0 Å². The van der Waals surface area contributed by atoms with Gasteiger partial charge >= 0.3 is 0 Å². The van der Waals surface area contributed by atoms with Crippen molar-refractivity contribution in [2.75, 3.05) is 0 Å². The van der Waals surface area contributed by atoms with Crippen LogP contribution in [0.2, 0.25) is 0 Å². The number of hydrogen-bond acceptors (Lipinski definition) is 0. The lowest BCUT2D eigenvalue weighted by atomic mass is 9.96. The van der Waals surface area contributed by atoms with Crippen LogP contribution in [0.5, 0.6) is 0 Å². The van der Waals surface area contributed by atoms with Crippen LogP contribution in [0.15, 0.2) is 84.9 Å². The molecule has 56 heavy (non-hydrogen) atoms. The highest BCUT2D eigenvalue weighted by Crippen LogP contribution is 2.33. The molecule has 4 heteroatoms. The molecule has 4 nitrogen and oxygen atoms in total. The third kappa shape index (κ3) is 5.57. The van der Waals surface area contributed by atoms with Gasteiger partial charge in [0.15, 0.2) is 0 Å². The predicted octanol–water partition coefficient (Wildman–Crippen LogP) is 9.16. The zero-order valence-electron chi connectivity index (χ0n) is 34.1. The average Bonchev–Trinajstić information content (AvgIpc) is 4.02. The second kappa shape index (κ2) is 13.9. The monoisotopic (exact) mass is 732 g/mol. The van der Waals surface area contributed by atoms with Crippen LogP contribution in [-0.2, 0) is 25.7 Å². The second-order valence-electron chi connectivity index (χ2n) is 15.6. The van der Waals surface area contributed by atoms with Gasteiger partial charge < -0.3 is 19.9 Å². The van der Waals surface area contributed by atoms with Crippen LogP contribution in [-0.4, -0.2) is 19.9 Å². The first-order chi connectivity index (χ1) is 27.2. The largest absolute Gasteiger partial charge is 0.354 e. The predicted molar refractivity (Wildman–Crippen MR) is 235 cm³/mol. The fourth-order valence-corrected chi connectivity index (χ4v) is 9.72. The summed E-state index contributed by atoms with van der Waals surface area (Å²) in [5.74, 6) is 0. The smallest absolute Gasteiger partial charge is 0.0518 e. The molecule has 0 fully saturated rings. The van der Waals surface area contributed by atoms with E-state index < -0.39 is 0 Å². The third-order valence-electron chi connectivity index (χ3n) is 12.8. The van der Waals surface area contributed by atoms with Crippen LogP contribution in [0, 0.1) is 27.7 Å². The zero-order valence-corrected chi connectivity index (χ0v) is 34.1. The molecule has 4 aromatic heterocycles. The minimum absolute atomic E-state index is 0.924. The second-order valence-corrected chi connectivity index (χ2v) is 15.6. The van der Waals surface area contributed by atoms with Crippen LogP contribution < -0.4 is 21.4 Å². The molecule has 0 atom stereocenters. The van der Waals surface area contributed by atoms with E-state index in [9.17, 15) is 0 Å². The van der Waals surface area contributed by atoms with Crippen LogP contribution in [0.4, 0.5) is 0 Å². The summed E-state index contributed by atoms with van der Waals surface area (Å²) in [6.45, 7) is 18.3. The first kappa shape index (κ1) is 35.7. The van der Waals surface area contributed by atoms with Gasteiger partial charge in [-0.3, -0.25) is 0 Å². The van der Waals surface area contributed by atoms with Crippen molar-refractivity contribution in [2.45, 2.75) is 81.1 Å². The maximum atomic E-state index is 4.05. The number of nitrogens with one attached hydrogen (secondary N) is 4. The van der Waals surface area contributed by atoms with Gasteiger partial charge in [-0.05, 0) is 143 Å². The molecular formula is C52H52N4. The molecule has 5 heterocycles. The Morgan fingerprint density at radius 2 is 0.679 bits per heavy atom. The first-order valence-electron chi connectivity index (χ1n) is 20.5. The Labute approximate surface area is 330 Å². The van der Waals surface area contributed by atoms with Crippen molar-refractivity contribution < 1.29 is 0 Å². The average molecular weight is 733 g/mol. The molecule has 0 saturated heterocycles. The number of rotatable bonds is 6. The topological polar surface area (TPSA) is 63.2 Å². The van der Waals surface area contributed by atoms with Crippen molar-refractivity contribution in [3.8, 4) is 22.3 Å². The van der Waals surface area contributed by atoms with Gasteiger partial charge in [0.25, 0.3) is 0 Å². The molecule has 0 spiro atoms. The minimum Gasteiger partial charge on any atom is -0.354 e. The van der Waals surface area contributed by atoms with E-state index in [1.165, 1.54) is 111 Å². The fourth-order valence-electron chi connectivity index (χ4n) is 9.72. The molecule has 0 radical (unpaired) electrons. The van der Waals surface area contributed by atoms with Crippen LogP contribution in [0.25, 0.3) is 45.6 Å². The summed E-state index contributed by atoms with van der Waals surface area (Å²) in [5.41, 5.74) is 25.0. The fraction of sp³-hybridized carbons (Fsp3) is 0.231. The highest BCUT2D eigenvalue weighted by Gasteiger charge is 2.23. The molecule has 9 rings (SSSR count). The normalized spacial score (nSPS) is 12.8. The summed E-state index contributed by atoms with van der Waals surface area (Å²) < 4.78 is 0. The third-order valence-corrected chi connectivity index (χ3v) is 12.8. The van der Waals surface area contributed by atoms with E-state index in [2.05, 4.69) is 172 Å². The van der Waals surface area contributed by atoms with Gasteiger partial charge in [-0.15, -0.1) is 0 Å². The summed E-state index contributed by atoms with van der Waals surface area (Å²) >= 11 is 0. The van der Waals surface area contributed by atoms with E-state index in [4.69, 9.17) is 0 Å². The molecule has 4 aromatic rings. The van der Waals surface area contributed by atoms with E-state index in [-0.39, 0.29) is 0 Å². The molecule has 0 unspecified atom stereocenters. The van der Waals surface area contributed by atoms with Crippen molar-refractivity contribution in [1.29, 1.82) is 0 Å².